The van der Waals surface area contributed by atoms with E-state index in [9.17, 15) is 14.3 Å². The number of rotatable bonds is 4. The zero-order chi connectivity index (χ0) is 14.3. The summed E-state index contributed by atoms with van der Waals surface area (Å²) >= 11 is 1.19. The predicted octanol–water partition coefficient (Wildman–Crippen LogP) is 2.25. The Labute approximate surface area is 118 Å². The van der Waals surface area contributed by atoms with Crippen LogP contribution in [0.5, 0.6) is 0 Å². The van der Waals surface area contributed by atoms with Crippen LogP contribution in [0.3, 0.4) is 0 Å². The van der Waals surface area contributed by atoms with Crippen molar-refractivity contribution in [3.63, 3.8) is 0 Å². The summed E-state index contributed by atoms with van der Waals surface area (Å²) in [6, 6.07) is 4.79. The van der Waals surface area contributed by atoms with Crippen molar-refractivity contribution in [2.24, 2.45) is 0 Å². The highest BCUT2D eigenvalue weighted by atomic mass is 32.2. The fourth-order valence-electron chi connectivity index (χ4n) is 2.13. The first-order chi connectivity index (χ1) is 9.58. The van der Waals surface area contributed by atoms with Gasteiger partial charge in [-0.05, 0) is 43.7 Å². The number of aliphatic hydroxyl groups is 1. The monoisotopic (exact) mass is 295 g/mol. The number of aromatic amines is 1. The Balaban J connectivity index is 2.00. The molecule has 106 valence electrons. The maximum atomic E-state index is 13.8. The summed E-state index contributed by atoms with van der Waals surface area (Å²) in [6.45, 7) is 1.51. The van der Waals surface area contributed by atoms with Gasteiger partial charge in [-0.2, -0.15) is 0 Å². The molecule has 0 saturated heterocycles. The smallest absolute Gasteiger partial charge is 0.344 e. The molecule has 1 aliphatic rings. The van der Waals surface area contributed by atoms with Gasteiger partial charge >= 0.3 is 5.69 Å². The summed E-state index contributed by atoms with van der Waals surface area (Å²) in [5, 5.41) is 16.6. The molecule has 5 nitrogen and oxygen atoms in total. The van der Waals surface area contributed by atoms with E-state index in [4.69, 9.17) is 0 Å². The van der Waals surface area contributed by atoms with Crippen LogP contribution in [0.25, 0.3) is 0 Å². The lowest BCUT2D eigenvalue weighted by Gasteiger charge is -2.12. The number of benzene rings is 1. The van der Waals surface area contributed by atoms with Gasteiger partial charge < -0.3 is 5.11 Å². The molecular weight excluding hydrogens is 281 g/mol. The summed E-state index contributed by atoms with van der Waals surface area (Å²) in [4.78, 5) is 12.3. The number of aromatic nitrogens is 3. The quantitative estimate of drug-likeness (QED) is 0.907. The third-order valence-electron chi connectivity index (χ3n) is 3.22. The fraction of sp³-hybridized carbons (Fsp3) is 0.385. The van der Waals surface area contributed by atoms with Crippen LogP contribution in [0.4, 0.5) is 4.39 Å². The van der Waals surface area contributed by atoms with Gasteiger partial charge in [0, 0.05) is 16.5 Å². The molecule has 0 amide bonds. The number of halogens is 1. The van der Waals surface area contributed by atoms with Crippen LogP contribution in [-0.2, 0) is 0 Å². The van der Waals surface area contributed by atoms with Crippen LogP contribution in [0, 0.1) is 5.82 Å². The van der Waals surface area contributed by atoms with Crippen molar-refractivity contribution in [2.45, 2.75) is 42.0 Å². The lowest BCUT2D eigenvalue weighted by Crippen LogP contribution is -2.16. The fourth-order valence-corrected chi connectivity index (χ4v) is 3.27. The molecule has 1 saturated carbocycles. The zero-order valence-electron chi connectivity index (χ0n) is 10.8. The van der Waals surface area contributed by atoms with Crippen LogP contribution in [0.2, 0.25) is 0 Å². The second-order valence-corrected chi connectivity index (χ2v) is 5.85. The van der Waals surface area contributed by atoms with Crippen molar-refractivity contribution < 1.29 is 9.50 Å². The predicted molar refractivity (Wildman–Crippen MR) is 72.3 cm³/mol. The van der Waals surface area contributed by atoms with Gasteiger partial charge in [-0.15, -0.1) is 5.10 Å². The molecule has 20 heavy (non-hydrogen) atoms. The molecule has 7 heteroatoms. The van der Waals surface area contributed by atoms with Gasteiger partial charge in [0.05, 0.1) is 6.10 Å². The third-order valence-corrected chi connectivity index (χ3v) is 4.26. The molecule has 1 aliphatic carbocycles. The van der Waals surface area contributed by atoms with Gasteiger partial charge in [0.2, 0.25) is 0 Å². The molecule has 0 bridgehead atoms. The van der Waals surface area contributed by atoms with Crippen molar-refractivity contribution in [1.82, 2.24) is 14.8 Å². The summed E-state index contributed by atoms with van der Waals surface area (Å²) in [6.07, 6.45) is 0.998. The molecule has 0 radical (unpaired) electrons. The minimum Gasteiger partial charge on any atom is -0.389 e. The highest BCUT2D eigenvalue weighted by Gasteiger charge is 2.29. The van der Waals surface area contributed by atoms with Gasteiger partial charge in [-0.1, -0.05) is 6.07 Å². The van der Waals surface area contributed by atoms with E-state index in [2.05, 4.69) is 10.2 Å². The van der Waals surface area contributed by atoms with Gasteiger partial charge in [-0.25, -0.2) is 14.3 Å². The van der Waals surface area contributed by atoms with E-state index >= 15 is 0 Å². The molecule has 2 aromatic rings. The van der Waals surface area contributed by atoms with E-state index in [0.717, 1.165) is 12.8 Å². The topological polar surface area (TPSA) is 70.9 Å². The molecule has 0 aliphatic heterocycles. The SMILES string of the molecule is C[C@@H](O)c1c(F)cccc1Sc1n[nH]c(=O)n1C1CC1. The van der Waals surface area contributed by atoms with Crippen LogP contribution in [0.1, 0.15) is 37.5 Å². The average Bonchev–Trinajstić information content (AvgIpc) is 3.15. The second kappa shape index (κ2) is 5.06. The van der Waals surface area contributed by atoms with Crippen LogP contribution in [0.15, 0.2) is 33.0 Å². The molecule has 3 rings (SSSR count). The third kappa shape index (κ3) is 2.38. The average molecular weight is 295 g/mol. The minimum atomic E-state index is -0.918. The van der Waals surface area contributed by atoms with Crippen LogP contribution >= 0.6 is 11.8 Å². The molecule has 1 heterocycles. The highest BCUT2D eigenvalue weighted by Crippen LogP contribution is 2.39. The Morgan fingerprint density at radius 1 is 1.55 bits per heavy atom. The Hall–Kier alpha value is -1.60. The van der Waals surface area contributed by atoms with Crippen molar-refractivity contribution in [3.8, 4) is 0 Å². The van der Waals surface area contributed by atoms with Gasteiger partial charge in [0.1, 0.15) is 5.82 Å². The molecule has 1 atom stereocenters. The number of aliphatic hydroxyl groups excluding tert-OH is 1. The van der Waals surface area contributed by atoms with Crippen molar-refractivity contribution >= 4 is 11.8 Å². The standard InChI is InChI=1S/C13H14FN3O2S/c1-7(18)11-9(14)3-2-4-10(11)20-13-16-15-12(19)17(13)8-5-6-8/h2-4,7-8,18H,5-6H2,1H3,(H,15,19)/t7-/m1/s1. The molecule has 1 aromatic carbocycles. The Bertz CT molecular complexity index is 691. The van der Waals surface area contributed by atoms with Gasteiger partial charge in [-0.3, -0.25) is 4.57 Å². The summed E-state index contributed by atoms with van der Waals surface area (Å²) < 4.78 is 15.4. The molecule has 0 unspecified atom stereocenters. The lowest BCUT2D eigenvalue weighted by molar-refractivity contribution is 0.191. The van der Waals surface area contributed by atoms with E-state index in [1.165, 1.54) is 24.8 Å². The first kappa shape index (κ1) is 13.4. The van der Waals surface area contributed by atoms with E-state index < -0.39 is 11.9 Å². The van der Waals surface area contributed by atoms with Crippen LogP contribution in [-0.4, -0.2) is 19.9 Å². The normalized spacial score (nSPS) is 16.4. The first-order valence-electron chi connectivity index (χ1n) is 6.39. The van der Waals surface area contributed by atoms with Crippen molar-refractivity contribution in [1.29, 1.82) is 0 Å². The van der Waals surface area contributed by atoms with E-state index in [1.54, 1.807) is 16.7 Å². The van der Waals surface area contributed by atoms with E-state index in [0.29, 0.717) is 10.1 Å². The van der Waals surface area contributed by atoms with E-state index in [-0.39, 0.29) is 17.3 Å². The Morgan fingerprint density at radius 3 is 2.95 bits per heavy atom. The van der Waals surface area contributed by atoms with Gasteiger partial charge in [0.15, 0.2) is 5.16 Å². The number of nitrogens with zero attached hydrogens (tertiary/aromatic N) is 2. The number of nitrogens with one attached hydrogen (secondary N) is 1. The molecule has 0 spiro atoms. The number of hydrogen-bond acceptors (Lipinski definition) is 4. The number of H-pyrrole nitrogens is 1. The Kier molecular flexibility index (Phi) is 3.39. The Morgan fingerprint density at radius 2 is 2.30 bits per heavy atom. The van der Waals surface area contributed by atoms with Gasteiger partial charge in [0.25, 0.3) is 0 Å². The lowest BCUT2D eigenvalue weighted by atomic mass is 10.1. The maximum absolute atomic E-state index is 13.8. The summed E-state index contributed by atoms with van der Waals surface area (Å²) in [7, 11) is 0. The first-order valence-corrected chi connectivity index (χ1v) is 7.21. The van der Waals surface area contributed by atoms with E-state index in [1.807, 2.05) is 0 Å². The maximum Gasteiger partial charge on any atom is 0.344 e. The molecule has 1 aromatic heterocycles. The summed E-state index contributed by atoms with van der Waals surface area (Å²) in [5.41, 5.74) is -0.0136. The van der Waals surface area contributed by atoms with Crippen molar-refractivity contribution in [3.05, 3.63) is 40.1 Å². The zero-order valence-corrected chi connectivity index (χ0v) is 11.7. The largest absolute Gasteiger partial charge is 0.389 e. The minimum absolute atomic E-state index is 0.187. The second-order valence-electron chi connectivity index (χ2n) is 4.84. The molecular formula is C13H14FN3O2S. The molecule has 2 N–H and O–H groups in total. The van der Waals surface area contributed by atoms with Crippen molar-refractivity contribution in [2.75, 3.05) is 0 Å². The molecule has 1 fully saturated rings. The number of hydrogen-bond donors (Lipinski definition) is 2. The van der Waals surface area contributed by atoms with Crippen LogP contribution < -0.4 is 5.69 Å². The summed E-state index contributed by atoms with van der Waals surface area (Å²) in [5.74, 6) is -0.458. The highest BCUT2D eigenvalue weighted by molar-refractivity contribution is 7.99.